The molecule has 1 aliphatic heterocycles. The number of rotatable bonds is 6. The summed E-state index contributed by atoms with van der Waals surface area (Å²) in [7, 11) is -2.81. The lowest BCUT2D eigenvalue weighted by atomic mass is 10.1. The first-order valence-corrected chi connectivity index (χ1v) is 8.87. The Bertz CT molecular complexity index is 341. The van der Waals surface area contributed by atoms with Gasteiger partial charge in [0.15, 0.2) is 9.84 Å². The molecular formula is C13H28N2O2S. The fraction of sp³-hybridized carbons (Fsp3) is 1.00. The zero-order valence-electron chi connectivity index (χ0n) is 12.1. The van der Waals surface area contributed by atoms with E-state index in [-0.39, 0.29) is 6.04 Å². The summed E-state index contributed by atoms with van der Waals surface area (Å²) in [6.07, 6.45) is 2.27. The van der Waals surface area contributed by atoms with Crippen LogP contribution in [0.1, 0.15) is 40.5 Å². The summed E-state index contributed by atoms with van der Waals surface area (Å²) in [4.78, 5) is 2.37. The van der Waals surface area contributed by atoms with Crippen molar-refractivity contribution in [1.82, 2.24) is 10.2 Å². The topological polar surface area (TPSA) is 49.4 Å². The maximum atomic E-state index is 11.6. The molecule has 5 heteroatoms. The first-order valence-electron chi connectivity index (χ1n) is 7.05. The van der Waals surface area contributed by atoms with Crippen LogP contribution in [0.5, 0.6) is 0 Å². The largest absolute Gasteiger partial charge is 0.313 e. The molecule has 2 unspecified atom stereocenters. The van der Waals surface area contributed by atoms with Gasteiger partial charge in [0.1, 0.15) is 0 Å². The molecule has 1 heterocycles. The number of hydrogen-bond acceptors (Lipinski definition) is 4. The molecule has 4 nitrogen and oxygen atoms in total. The van der Waals surface area contributed by atoms with Gasteiger partial charge in [-0.2, -0.15) is 0 Å². The average Bonchev–Trinajstić information content (AvgIpc) is 2.23. The molecule has 0 radical (unpaired) electrons. The van der Waals surface area contributed by atoms with Crippen LogP contribution >= 0.6 is 0 Å². The van der Waals surface area contributed by atoms with Gasteiger partial charge in [-0.05, 0) is 13.3 Å². The Morgan fingerprint density at radius 1 is 1.39 bits per heavy atom. The van der Waals surface area contributed by atoms with Gasteiger partial charge >= 0.3 is 0 Å². The van der Waals surface area contributed by atoms with Crippen LogP contribution in [-0.2, 0) is 9.84 Å². The minimum absolute atomic E-state index is 0.147. The number of nitrogens with one attached hydrogen (secondary N) is 1. The van der Waals surface area contributed by atoms with E-state index in [4.69, 9.17) is 0 Å². The molecule has 1 rings (SSSR count). The highest BCUT2D eigenvalue weighted by molar-refractivity contribution is 7.91. The van der Waals surface area contributed by atoms with Gasteiger partial charge < -0.3 is 5.32 Å². The fourth-order valence-corrected chi connectivity index (χ4v) is 4.23. The first kappa shape index (κ1) is 15.9. The molecule has 1 aliphatic rings. The Balaban J connectivity index is 2.62. The molecule has 0 aromatic rings. The molecule has 0 bridgehead atoms. The van der Waals surface area contributed by atoms with Gasteiger partial charge in [-0.15, -0.1) is 0 Å². The highest BCUT2D eigenvalue weighted by Gasteiger charge is 2.32. The normalized spacial score (nSPS) is 26.4. The summed E-state index contributed by atoms with van der Waals surface area (Å²) in [6, 6.07) is 1.09. The van der Waals surface area contributed by atoms with Crippen molar-refractivity contribution in [2.45, 2.75) is 58.7 Å². The molecular weight excluding hydrogens is 248 g/mol. The van der Waals surface area contributed by atoms with Gasteiger partial charge in [-0.3, -0.25) is 4.90 Å². The van der Waals surface area contributed by atoms with Gasteiger partial charge in [-0.1, -0.05) is 27.2 Å². The van der Waals surface area contributed by atoms with Gasteiger partial charge in [0.2, 0.25) is 0 Å². The van der Waals surface area contributed by atoms with Crippen LogP contribution in [-0.4, -0.2) is 56.0 Å². The van der Waals surface area contributed by atoms with E-state index in [0.29, 0.717) is 30.1 Å². The SMILES string of the molecule is CCCC(CNC(C)C)N1CCS(=O)(=O)CC1C. The van der Waals surface area contributed by atoms with Gasteiger partial charge in [0, 0.05) is 31.2 Å². The van der Waals surface area contributed by atoms with Crippen molar-refractivity contribution in [2.24, 2.45) is 0 Å². The van der Waals surface area contributed by atoms with E-state index in [1.54, 1.807) is 0 Å². The third kappa shape index (κ3) is 4.86. The van der Waals surface area contributed by atoms with Crippen molar-refractivity contribution < 1.29 is 8.42 Å². The third-order valence-electron chi connectivity index (χ3n) is 3.57. The molecule has 1 N–H and O–H groups in total. The fourth-order valence-electron chi connectivity index (χ4n) is 2.64. The number of hydrogen-bond donors (Lipinski definition) is 1. The van der Waals surface area contributed by atoms with Crippen LogP contribution < -0.4 is 5.32 Å². The lowest BCUT2D eigenvalue weighted by Gasteiger charge is -2.39. The molecule has 108 valence electrons. The Kier molecular flexibility index (Phi) is 6.08. The van der Waals surface area contributed by atoms with Gasteiger partial charge in [-0.25, -0.2) is 8.42 Å². The predicted molar refractivity (Wildman–Crippen MR) is 76.7 cm³/mol. The Hall–Kier alpha value is -0.130. The molecule has 18 heavy (non-hydrogen) atoms. The molecule has 0 aromatic heterocycles. The van der Waals surface area contributed by atoms with E-state index in [0.717, 1.165) is 19.4 Å². The second-order valence-electron chi connectivity index (χ2n) is 5.71. The van der Waals surface area contributed by atoms with Gasteiger partial charge in [0.05, 0.1) is 11.5 Å². The van der Waals surface area contributed by atoms with Crippen LogP contribution in [0.15, 0.2) is 0 Å². The second kappa shape index (κ2) is 6.87. The summed E-state index contributed by atoms with van der Waals surface area (Å²) in [5.41, 5.74) is 0. The highest BCUT2D eigenvalue weighted by Crippen LogP contribution is 2.17. The lowest BCUT2D eigenvalue weighted by Crippen LogP contribution is -2.54. The van der Waals surface area contributed by atoms with Crippen LogP contribution in [0.2, 0.25) is 0 Å². The summed E-state index contributed by atoms with van der Waals surface area (Å²) in [5, 5.41) is 3.48. The predicted octanol–water partition coefficient (Wildman–Crippen LogP) is 1.27. The molecule has 0 amide bonds. The quantitative estimate of drug-likeness (QED) is 0.794. The van der Waals surface area contributed by atoms with Crippen LogP contribution in [0.3, 0.4) is 0 Å². The maximum absolute atomic E-state index is 11.6. The van der Waals surface area contributed by atoms with E-state index in [9.17, 15) is 8.42 Å². The molecule has 0 aliphatic carbocycles. The van der Waals surface area contributed by atoms with E-state index in [1.165, 1.54) is 0 Å². The van der Waals surface area contributed by atoms with Crippen molar-refractivity contribution in [2.75, 3.05) is 24.6 Å². The van der Waals surface area contributed by atoms with Crippen molar-refractivity contribution >= 4 is 9.84 Å². The van der Waals surface area contributed by atoms with Crippen molar-refractivity contribution in [3.8, 4) is 0 Å². The number of nitrogens with zero attached hydrogens (tertiary/aromatic N) is 1. The minimum atomic E-state index is -2.81. The Labute approximate surface area is 112 Å². The summed E-state index contributed by atoms with van der Waals surface area (Å²) in [6.45, 7) is 10.2. The van der Waals surface area contributed by atoms with Crippen LogP contribution in [0.25, 0.3) is 0 Å². The zero-order valence-corrected chi connectivity index (χ0v) is 13.0. The van der Waals surface area contributed by atoms with Crippen molar-refractivity contribution in [3.05, 3.63) is 0 Å². The van der Waals surface area contributed by atoms with Crippen LogP contribution in [0, 0.1) is 0 Å². The lowest BCUT2D eigenvalue weighted by molar-refractivity contribution is 0.144. The average molecular weight is 276 g/mol. The van der Waals surface area contributed by atoms with Crippen molar-refractivity contribution in [3.63, 3.8) is 0 Å². The smallest absolute Gasteiger partial charge is 0.153 e. The van der Waals surface area contributed by atoms with E-state index < -0.39 is 9.84 Å². The maximum Gasteiger partial charge on any atom is 0.153 e. The van der Waals surface area contributed by atoms with E-state index >= 15 is 0 Å². The van der Waals surface area contributed by atoms with E-state index in [2.05, 4.69) is 31.0 Å². The molecule has 2 atom stereocenters. The number of sulfone groups is 1. The van der Waals surface area contributed by atoms with Crippen molar-refractivity contribution in [1.29, 1.82) is 0 Å². The molecule has 1 saturated heterocycles. The summed E-state index contributed by atoms with van der Waals surface area (Å²) >= 11 is 0. The monoisotopic (exact) mass is 276 g/mol. The molecule has 0 spiro atoms. The zero-order chi connectivity index (χ0) is 13.8. The Morgan fingerprint density at radius 3 is 2.56 bits per heavy atom. The molecule has 0 aromatic carbocycles. The molecule has 1 fully saturated rings. The highest BCUT2D eigenvalue weighted by atomic mass is 32.2. The van der Waals surface area contributed by atoms with E-state index in [1.807, 2.05) is 6.92 Å². The minimum Gasteiger partial charge on any atom is -0.313 e. The van der Waals surface area contributed by atoms with Crippen LogP contribution in [0.4, 0.5) is 0 Å². The standard InChI is InChI=1S/C13H28N2O2S/c1-5-6-13(9-14-11(2)3)15-7-8-18(16,17)10-12(15)4/h11-14H,5-10H2,1-4H3. The third-order valence-corrected chi connectivity index (χ3v) is 5.37. The first-order chi connectivity index (χ1) is 8.35. The molecule has 0 saturated carbocycles. The van der Waals surface area contributed by atoms with Gasteiger partial charge in [0.25, 0.3) is 0 Å². The second-order valence-corrected chi connectivity index (χ2v) is 7.94. The summed E-state index contributed by atoms with van der Waals surface area (Å²) < 4.78 is 23.2. The Morgan fingerprint density at radius 2 is 2.06 bits per heavy atom. The summed E-state index contributed by atoms with van der Waals surface area (Å²) in [5.74, 6) is 0.633.